The maximum Gasteiger partial charge on any atom is 0.328 e. The Kier molecular flexibility index (Phi) is 9.93. The van der Waals surface area contributed by atoms with Crippen molar-refractivity contribution >= 4 is 23.7 Å². The average Bonchev–Trinajstić information content (AvgIpc) is 2.69. The van der Waals surface area contributed by atoms with Crippen molar-refractivity contribution in [2.45, 2.75) is 51.4 Å². The van der Waals surface area contributed by atoms with Crippen molar-refractivity contribution in [1.29, 1.82) is 0 Å². The molecule has 0 bridgehead atoms. The molecule has 0 aromatic heterocycles. The summed E-state index contributed by atoms with van der Waals surface area (Å²) in [6, 6.07) is 4.85. The quantitative estimate of drug-likeness (QED) is 0.259. The number of nitrogens with one attached hydrogen (secondary N) is 3. The van der Waals surface area contributed by atoms with E-state index >= 15 is 0 Å². The van der Waals surface area contributed by atoms with Crippen LogP contribution < -0.4 is 21.7 Å². The third kappa shape index (κ3) is 7.80. The Morgan fingerprint density at radius 1 is 0.933 bits per heavy atom. The van der Waals surface area contributed by atoms with Crippen molar-refractivity contribution in [2.75, 3.05) is 6.61 Å². The smallest absolute Gasteiger partial charge is 0.328 e. The van der Waals surface area contributed by atoms with Crippen LogP contribution in [0.2, 0.25) is 0 Å². The number of benzene rings is 1. The molecule has 4 unspecified atom stereocenters. The summed E-state index contributed by atoms with van der Waals surface area (Å²) < 4.78 is 0. The summed E-state index contributed by atoms with van der Waals surface area (Å²) in [5.41, 5.74) is 6.84. The Balaban J connectivity index is 2.70. The third-order valence-electron chi connectivity index (χ3n) is 4.43. The molecule has 0 aliphatic heterocycles. The Labute approximate surface area is 175 Å². The zero-order valence-corrected chi connectivity index (χ0v) is 17.3. The van der Waals surface area contributed by atoms with Crippen molar-refractivity contribution in [2.24, 2.45) is 11.7 Å². The fourth-order valence-electron chi connectivity index (χ4n) is 2.61. The van der Waals surface area contributed by atoms with Gasteiger partial charge in [-0.1, -0.05) is 44.2 Å². The number of amides is 3. The number of carbonyl (C=O) groups excluding carboxylic acids is 3. The number of carbonyl (C=O) groups is 4. The predicted molar refractivity (Wildman–Crippen MR) is 109 cm³/mol. The molecule has 0 saturated carbocycles. The summed E-state index contributed by atoms with van der Waals surface area (Å²) in [4.78, 5) is 48.0. The van der Waals surface area contributed by atoms with E-state index in [2.05, 4.69) is 16.0 Å². The van der Waals surface area contributed by atoms with Gasteiger partial charge in [0.15, 0.2) is 0 Å². The second kappa shape index (κ2) is 11.9. The first-order valence-corrected chi connectivity index (χ1v) is 9.61. The van der Waals surface area contributed by atoms with Gasteiger partial charge in [-0.15, -0.1) is 0 Å². The second-order valence-electron chi connectivity index (χ2n) is 7.34. The molecular weight excluding hydrogens is 392 g/mol. The zero-order chi connectivity index (χ0) is 22.8. The van der Waals surface area contributed by atoms with Gasteiger partial charge in [0, 0.05) is 0 Å². The van der Waals surface area contributed by atoms with Crippen LogP contribution in [0.4, 0.5) is 0 Å². The van der Waals surface area contributed by atoms with Crippen LogP contribution in [0.25, 0.3) is 0 Å². The van der Waals surface area contributed by atoms with E-state index in [1.807, 2.05) is 30.3 Å². The first kappa shape index (κ1) is 25.1. The van der Waals surface area contributed by atoms with Gasteiger partial charge in [0.25, 0.3) is 0 Å². The molecule has 0 heterocycles. The van der Waals surface area contributed by atoms with Gasteiger partial charge in [-0.25, -0.2) is 4.79 Å². The maximum atomic E-state index is 12.6. The molecule has 0 aliphatic rings. The van der Waals surface area contributed by atoms with E-state index in [9.17, 15) is 19.2 Å². The topological polar surface area (TPSA) is 171 Å². The maximum absolute atomic E-state index is 12.6. The highest BCUT2D eigenvalue weighted by Crippen LogP contribution is 2.06. The SMILES string of the molecule is CC(NC(=O)C(NC(=O)C(N)Cc1ccccc1)C(C)C)C(=O)NC(CO)C(=O)O. The lowest BCUT2D eigenvalue weighted by molar-refractivity contribution is -0.143. The molecule has 7 N–H and O–H groups in total. The van der Waals surface area contributed by atoms with Gasteiger partial charge >= 0.3 is 5.97 Å². The first-order chi connectivity index (χ1) is 14.1. The van der Waals surface area contributed by atoms with Crippen molar-refractivity contribution in [3.63, 3.8) is 0 Å². The number of nitrogens with two attached hydrogens (primary N) is 1. The normalized spacial score (nSPS) is 14.9. The lowest BCUT2D eigenvalue weighted by Gasteiger charge is -2.25. The minimum Gasteiger partial charge on any atom is -0.480 e. The summed E-state index contributed by atoms with van der Waals surface area (Å²) in [6.07, 6.45) is 0.301. The van der Waals surface area contributed by atoms with Crippen LogP contribution in [0.5, 0.6) is 0 Å². The standard InChI is InChI=1S/C20H30N4O6/c1-11(2)16(24-18(27)14(21)9-13-7-5-4-6-8-13)19(28)22-12(3)17(26)23-15(10-25)20(29)30/h4-8,11-12,14-16,25H,9-10,21H2,1-3H3,(H,22,28)(H,23,26)(H,24,27)(H,29,30). The van der Waals surface area contributed by atoms with Gasteiger partial charge in [0.1, 0.15) is 18.1 Å². The molecule has 0 aliphatic carbocycles. The van der Waals surface area contributed by atoms with Crippen molar-refractivity contribution in [1.82, 2.24) is 16.0 Å². The Morgan fingerprint density at radius 2 is 1.53 bits per heavy atom. The minimum absolute atomic E-state index is 0.294. The molecule has 1 aromatic carbocycles. The number of hydrogen-bond donors (Lipinski definition) is 6. The van der Waals surface area contributed by atoms with E-state index < -0.39 is 54.5 Å². The highest BCUT2D eigenvalue weighted by Gasteiger charge is 2.29. The van der Waals surface area contributed by atoms with E-state index in [0.29, 0.717) is 6.42 Å². The van der Waals surface area contributed by atoms with Gasteiger partial charge < -0.3 is 31.9 Å². The first-order valence-electron chi connectivity index (χ1n) is 9.61. The number of hydrogen-bond acceptors (Lipinski definition) is 6. The Bertz CT molecular complexity index is 740. The second-order valence-corrected chi connectivity index (χ2v) is 7.34. The number of aliphatic hydroxyl groups is 1. The van der Waals surface area contributed by atoms with Crippen LogP contribution in [0.3, 0.4) is 0 Å². The average molecular weight is 422 g/mol. The molecule has 30 heavy (non-hydrogen) atoms. The van der Waals surface area contributed by atoms with Crippen molar-refractivity contribution < 1.29 is 29.4 Å². The predicted octanol–water partition coefficient (Wildman–Crippen LogP) is -1.24. The van der Waals surface area contributed by atoms with Crippen LogP contribution in [0, 0.1) is 5.92 Å². The monoisotopic (exact) mass is 422 g/mol. The van der Waals surface area contributed by atoms with E-state index in [1.54, 1.807) is 13.8 Å². The highest BCUT2D eigenvalue weighted by molar-refractivity contribution is 5.94. The summed E-state index contributed by atoms with van der Waals surface area (Å²) in [5, 5.41) is 25.0. The molecule has 3 amide bonds. The molecule has 0 spiro atoms. The zero-order valence-electron chi connectivity index (χ0n) is 17.3. The van der Waals surface area contributed by atoms with Crippen molar-refractivity contribution in [3.05, 3.63) is 35.9 Å². The molecule has 1 rings (SSSR count). The van der Waals surface area contributed by atoms with E-state index in [0.717, 1.165) is 5.56 Å². The molecule has 10 nitrogen and oxygen atoms in total. The Hall–Kier alpha value is -2.98. The van der Waals surface area contributed by atoms with Gasteiger partial charge in [-0.3, -0.25) is 14.4 Å². The third-order valence-corrected chi connectivity index (χ3v) is 4.43. The minimum atomic E-state index is -1.48. The number of rotatable bonds is 11. The molecule has 0 radical (unpaired) electrons. The van der Waals surface area contributed by atoms with Crippen LogP contribution in [0.15, 0.2) is 30.3 Å². The molecular formula is C20H30N4O6. The summed E-state index contributed by atoms with van der Waals surface area (Å²) in [7, 11) is 0. The van der Waals surface area contributed by atoms with Gasteiger partial charge in [0.2, 0.25) is 17.7 Å². The molecule has 10 heteroatoms. The highest BCUT2D eigenvalue weighted by atomic mass is 16.4. The summed E-state index contributed by atoms with van der Waals surface area (Å²) >= 11 is 0. The van der Waals surface area contributed by atoms with Crippen molar-refractivity contribution in [3.8, 4) is 0 Å². The number of carboxylic acids is 1. The van der Waals surface area contributed by atoms with Crippen LogP contribution in [-0.2, 0) is 25.6 Å². The summed E-state index contributed by atoms with van der Waals surface area (Å²) in [6.45, 7) is 4.03. The van der Waals surface area contributed by atoms with Gasteiger partial charge in [-0.05, 0) is 24.8 Å². The lowest BCUT2D eigenvalue weighted by Crippen LogP contribution is -2.58. The fraction of sp³-hybridized carbons (Fsp3) is 0.500. The van der Waals surface area contributed by atoms with E-state index in [-0.39, 0.29) is 5.92 Å². The summed E-state index contributed by atoms with van der Waals surface area (Å²) in [5.74, 6) is -3.58. The number of aliphatic hydroxyl groups excluding tert-OH is 1. The van der Waals surface area contributed by atoms with Crippen LogP contribution in [0.1, 0.15) is 26.3 Å². The molecule has 166 valence electrons. The molecule has 0 saturated heterocycles. The molecule has 1 aromatic rings. The van der Waals surface area contributed by atoms with E-state index in [4.69, 9.17) is 15.9 Å². The lowest BCUT2D eigenvalue weighted by atomic mass is 10.0. The largest absolute Gasteiger partial charge is 0.480 e. The Morgan fingerprint density at radius 3 is 2.03 bits per heavy atom. The molecule has 0 fully saturated rings. The number of carboxylic acid groups (broad SMARTS) is 1. The van der Waals surface area contributed by atoms with Gasteiger partial charge in [-0.2, -0.15) is 0 Å². The van der Waals surface area contributed by atoms with E-state index in [1.165, 1.54) is 6.92 Å². The van der Waals surface area contributed by atoms with Crippen LogP contribution >= 0.6 is 0 Å². The van der Waals surface area contributed by atoms with Gasteiger partial charge in [0.05, 0.1) is 12.6 Å². The fourth-order valence-corrected chi connectivity index (χ4v) is 2.61. The number of aliphatic carboxylic acids is 1. The van der Waals surface area contributed by atoms with Crippen LogP contribution in [-0.4, -0.2) is 64.7 Å². The molecule has 4 atom stereocenters.